The van der Waals surface area contributed by atoms with Gasteiger partial charge >= 0.3 is 0 Å². The third kappa shape index (κ3) is 1.53. The van der Waals surface area contributed by atoms with E-state index in [-0.39, 0.29) is 12.0 Å². The van der Waals surface area contributed by atoms with Crippen molar-refractivity contribution in [1.82, 2.24) is 0 Å². The van der Waals surface area contributed by atoms with Crippen molar-refractivity contribution < 1.29 is 9.90 Å². The predicted octanol–water partition coefficient (Wildman–Crippen LogP) is 3.00. The summed E-state index contributed by atoms with van der Waals surface area (Å²) in [6, 6.07) is 5.95. The highest BCUT2D eigenvalue weighted by Crippen LogP contribution is 2.62. The molecule has 2 N–H and O–H groups in total. The van der Waals surface area contributed by atoms with E-state index in [0.717, 1.165) is 28.7 Å². The van der Waals surface area contributed by atoms with Crippen molar-refractivity contribution >= 4 is 11.6 Å². The molecule has 2 saturated carbocycles. The quantitative estimate of drug-likeness (QED) is 0.868. The van der Waals surface area contributed by atoms with Gasteiger partial charge in [-0.2, -0.15) is 0 Å². The first-order chi connectivity index (χ1) is 9.50. The van der Waals surface area contributed by atoms with Gasteiger partial charge in [-0.25, -0.2) is 0 Å². The molecule has 1 heterocycles. The van der Waals surface area contributed by atoms with Crippen LogP contribution >= 0.6 is 0 Å². The summed E-state index contributed by atoms with van der Waals surface area (Å²) in [4.78, 5) is 12.0. The molecule has 2 aliphatic carbocycles. The maximum Gasteiger partial charge on any atom is 0.234 e. The molecule has 0 spiro atoms. The molecular formula is C17H21NO2. The lowest BCUT2D eigenvalue weighted by Crippen LogP contribution is -2.27. The first-order valence-corrected chi connectivity index (χ1v) is 7.64. The topological polar surface area (TPSA) is 49.3 Å². The number of hydrogen-bond donors (Lipinski definition) is 2. The average Bonchev–Trinajstić information content (AvgIpc) is 2.79. The van der Waals surface area contributed by atoms with E-state index >= 15 is 0 Å². The van der Waals surface area contributed by atoms with E-state index in [9.17, 15) is 9.90 Å². The Morgan fingerprint density at radius 2 is 2.00 bits per heavy atom. The Balaban J connectivity index is 1.65. The summed E-state index contributed by atoms with van der Waals surface area (Å²) in [7, 11) is 0. The summed E-state index contributed by atoms with van der Waals surface area (Å²) in [5.41, 5.74) is 2.40. The minimum Gasteiger partial charge on any atom is -0.388 e. The molecule has 20 heavy (non-hydrogen) atoms. The highest BCUT2D eigenvalue weighted by atomic mass is 16.3. The average molecular weight is 271 g/mol. The van der Waals surface area contributed by atoms with Gasteiger partial charge in [0.1, 0.15) is 0 Å². The van der Waals surface area contributed by atoms with Crippen LogP contribution in [0.2, 0.25) is 0 Å². The molecule has 3 unspecified atom stereocenters. The molecule has 1 amide bonds. The Labute approximate surface area is 119 Å². The fourth-order valence-electron chi connectivity index (χ4n) is 4.34. The molecule has 1 aliphatic heterocycles. The summed E-state index contributed by atoms with van der Waals surface area (Å²) in [6.07, 6.45) is 3.53. The van der Waals surface area contributed by atoms with Gasteiger partial charge in [0.05, 0.1) is 11.5 Å². The zero-order valence-electron chi connectivity index (χ0n) is 12.0. The molecule has 1 aromatic carbocycles. The van der Waals surface area contributed by atoms with Gasteiger partial charge < -0.3 is 10.4 Å². The number of hydrogen-bond acceptors (Lipinski definition) is 2. The molecule has 0 radical (unpaired) electrons. The van der Waals surface area contributed by atoms with Crippen LogP contribution in [-0.4, -0.2) is 11.0 Å². The lowest BCUT2D eigenvalue weighted by molar-refractivity contribution is -0.119. The molecule has 0 aromatic heterocycles. The van der Waals surface area contributed by atoms with Crippen molar-refractivity contribution in [2.75, 3.05) is 5.32 Å². The van der Waals surface area contributed by atoms with Crippen LogP contribution in [0.15, 0.2) is 18.2 Å². The highest BCUT2D eigenvalue weighted by molar-refractivity contribution is 6.05. The highest BCUT2D eigenvalue weighted by Gasteiger charge is 2.56. The fraction of sp³-hybridized carbons (Fsp3) is 0.588. The Bertz CT molecular complexity index is 583. The number of anilines is 1. The second kappa shape index (κ2) is 3.85. The lowest BCUT2D eigenvalue weighted by atomic mass is 9.84. The molecule has 3 nitrogen and oxygen atoms in total. The van der Waals surface area contributed by atoms with E-state index in [4.69, 9.17) is 0 Å². The summed E-state index contributed by atoms with van der Waals surface area (Å²) in [5, 5.41) is 13.5. The minimum atomic E-state index is -0.496. The number of aliphatic hydroxyl groups excluding tert-OH is 1. The maximum absolute atomic E-state index is 12.0. The van der Waals surface area contributed by atoms with Gasteiger partial charge in [-0.15, -0.1) is 0 Å². The van der Waals surface area contributed by atoms with E-state index in [1.54, 1.807) is 0 Å². The van der Waals surface area contributed by atoms with E-state index < -0.39 is 5.41 Å². The first kappa shape index (κ1) is 12.4. The zero-order chi connectivity index (χ0) is 14.1. The van der Waals surface area contributed by atoms with Crippen LogP contribution in [0.1, 0.15) is 50.3 Å². The molecule has 0 bridgehead atoms. The van der Waals surface area contributed by atoms with Crippen LogP contribution in [-0.2, 0) is 10.2 Å². The zero-order valence-corrected chi connectivity index (χ0v) is 12.0. The number of benzene rings is 1. The second-order valence-electron chi connectivity index (χ2n) is 7.16. The molecule has 3 atom stereocenters. The van der Waals surface area contributed by atoms with E-state index in [1.165, 1.54) is 19.3 Å². The fourth-order valence-corrected chi connectivity index (χ4v) is 4.34. The third-order valence-electron chi connectivity index (χ3n) is 5.71. The maximum atomic E-state index is 12.0. The van der Waals surface area contributed by atoms with Crippen molar-refractivity contribution in [1.29, 1.82) is 0 Å². The largest absolute Gasteiger partial charge is 0.388 e. The van der Waals surface area contributed by atoms with E-state index in [2.05, 4.69) is 5.32 Å². The monoisotopic (exact) mass is 271 g/mol. The predicted molar refractivity (Wildman–Crippen MR) is 77.4 cm³/mol. The van der Waals surface area contributed by atoms with Crippen LogP contribution in [0.5, 0.6) is 0 Å². The van der Waals surface area contributed by atoms with Crippen LogP contribution in [0.25, 0.3) is 0 Å². The summed E-state index contributed by atoms with van der Waals surface area (Å²) in [5.74, 6) is 1.98. The molecule has 4 rings (SSSR count). The van der Waals surface area contributed by atoms with Crippen molar-refractivity contribution in [3.05, 3.63) is 29.3 Å². The van der Waals surface area contributed by atoms with Crippen molar-refractivity contribution in [3.63, 3.8) is 0 Å². The molecule has 0 saturated heterocycles. The Hall–Kier alpha value is -1.35. The second-order valence-corrected chi connectivity index (χ2v) is 7.16. The Morgan fingerprint density at radius 1 is 1.30 bits per heavy atom. The standard InChI is InChI=1S/C17H21NO2/c1-17(2)12-8-9(6-7-13(12)18-16(17)20)15(19)14-10-4-3-5-11(10)14/h6-8,10-11,14-15,19H,3-5H2,1-2H3,(H,18,20). The summed E-state index contributed by atoms with van der Waals surface area (Å²) < 4.78 is 0. The normalized spacial score (nSPS) is 34.4. The van der Waals surface area contributed by atoms with Gasteiger partial charge in [0.2, 0.25) is 5.91 Å². The van der Waals surface area contributed by atoms with Gasteiger partial charge in [-0.05, 0) is 61.6 Å². The third-order valence-corrected chi connectivity index (χ3v) is 5.71. The number of amides is 1. The number of aliphatic hydroxyl groups is 1. The SMILES string of the molecule is CC1(C)C(=O)Nc2ccc(C(O)C3C4CCCC43)cc21. The van der Waals surface area contributed by atoms with Gasteiger partial charge in [0.15, 0.2) is 0 Å². The van der Waals surface area contributed by atoms with Gasteiger partial charge in [-0.1, -0.05) is 18.6 Å². The lowest BCUT2D eigenvalue weighted by Gasteiger charge is -2.18. The molecule has 3 heteroatoms. The molecule has 2 fully saturated rings. The number of fused-ring (bicyclic) bond motifs is 2. The van der Waals surface area contributed by atoms with Crippen molar-refractivity contribution in [3.8, 4) is 0 Å². The van der Waals surface area contributed by atoms with Gasteiger partial charge in [0.25, 0.3) is 0 Å². The number of nitrogens with one attached hydrogen (secondary N) is 1. The van der Waals surface area contributed by atoms with E-state index in [1.807, 2.05) is 32.0 Å². The smallest absolute Gasteiger partial charge is 0.234 e. The van der Waals surface area contributed by atoms with E-state index in [0.29, 0.717) is 5.92 Å². The summed E-state index contributed by atoms with van der Waals surface area (Å²) >= 11 is 0. The number of carbonyl (C=O) groups is 1. The van der Waals surface area contributed by atoms with Crippen LogP contribution < -0.4 is 5.32 Å². The first-order valence-electron chi connectivity index (χ1n) is 7.64. The Morgan fingerprint density at radius 3 is 2.70 bits per heavy atom. The Kier molecular flexibility index (Phi) is 2.39. The number of carbonyl (C=O) groups excluding carboxylic acids is 1. The van der Waals surface area contributed by atoms with Crippen LogP contribution in [0.3, 0.4) is 0 Å². The molecule has 3 aliphatic rings. The number of rotatable bonds is 2. The molecular weight excluding hydrogens is 250 g/mol. The van der Waals surface area contributed by atoms with Crippen LogP contribution in [0.4, 0.5) is 5.69 Å². The van der Waals surface area contributed by atoms with Crippen molar-refractivity contribution in [2.45, 2.75) is 44.6 Å². The van der Waals surface area contributed by atoms with Gasteiger partial charge in [0, 0.05) is 5.69 Å². The molecule has 106 valence electrons. The van der Waals surface area contributed by atoms with Crippen molar-refractivity contribution in [2.24, 2.45) is 17.8 Å². The van der Waals surface area contributed by atoms with Crippen LogP contribution in [0, 0.1) is 17.8 Å². The van der Waals surface area contributed by atoms with Gasteiger partial charge in [-0.3, -0.25) is 4.79 Å². The minimum absolute atomic E-state index is 0.0439. The molecule has 1 aromatic rings. The summed E-state index contributed by atoms with van der Waals surface area (Å²) in [6.45, 7) is 3.88.